The Hall–Kier alpha value is -2.23. The van der Waals surface area contributed by atoms with Gasteiger partial charge in [-0.05, 0) is 18.2 Å². The zero-order valence-electron chi connectivity index (χ0n) is 8.36. The van der Waals surface area contributed by atoms with Gasteiger partial charge in [0, 0.05) is 23.4 Å². The molecule has 4 nitrogen and oxygen atoms in total. The Bertz CT molecular complexity index is 571. The number of carbonyl (C=O) groups is 1. The SMILES string of the molecule is O=C(O)c1cc2c(o1)-c1ccccc1NC2. The molecular formula is C12H9NO3. The summed E-state index contributed by atoms with van der Waals surface area (Å²) in [7, 11) is 0. The minimum Gasteiger partial charge on any atom is -0.475 e. The number of nitrogens with one attached hydrogen (secondary N) is 1. The standard InChI is InChI=1S/C12H9NO3/c14-12(15)10-5-7-6-13-9-4-2-1-3-8(9)11(7)16-10/h1-5,13H,6H2,(H,14,15). The number of aromatic carboxylic acids is 1. The van der Waals surface area contributed by atoms with E-state index in [1.807, 2.05) is 24.3 Å². The van der Waals surface area contributed by atoms with Gasteiger partial charge in [0.05, 0.1) is 0 Å². The van der Waals surface area contributed by atoms with Crippen molar-refractivity contribution >= 4 is 11.7 Å². The van der Waals surface area contributed by atoms with E-state index >= 15 is 0 Å². The van der Waals surface area contributed by atoms with E-state index in [4.69, 9.17) is 9.52 Å². The van der Waals surface area contributed by atoms with Crippen LogP contribution in [0.2, 0.25) is 0 Å². The summed E-state index contributed by atoms with van der Waals surface area (Å²) < 4.78 is 5.35. The van der Waals surface area contributed by atoms with Gasteiger partial charge >= 0.3 is 5.97 Å². The van der Waals surface area contributed by atoms with Gasteiger partial charge in [0.1, 0.15) is 5.76 Å². The molecule has 0 bridgehead atoms. The molecule has 1 aromatic carbocycles. The zero-order chi connectivity index (χ0) is 11.1. The van der Waals surface area contributed by atoms with E-state index in [2.05, 4.69) is 5.32 Å². The van der Waals surface area contributed by atoms with Gasteiger partial charge in [0.25, 0.3) is 0 Å². The lowest BCUT2D eigenvalue weighted by Gasteiger charge is -2.16. The van der Waals surface area contributed by atoms with E-state index in [0.29, 0.717) is 12.3 Å². The third-order valence-corrected chi connectivity index (χ3v) is 2.66. The molecule has 2 aromatic rings. The van der Waals surface area contributed by atoms with Crippen LogP contribution in [0.4, 0.5) is 5.69 Å². The minimum absolute atomic E-state index is 0.0106. The van der Waals surface area contributed by atoms with Crippen LogP contribution in [0, 0.1) is 0 Å². The molecule has 1 aliphatic rings. The van der Waals surface area contributed by atoms with E-state index in [9.17, 15) is 4.79 Å². The van der Waals surface area contributed by atoms with Crippen LogP contribution in [0.25, 0.3) is 11.3 Å². The highest BCUT2D eigenvalue weighted by atomic mass is 16.4. The number of carboxylic acid groups (broad SMARTS) is 1. The molecule has 0 aliphatic carbocycles. The summed E-state index contributed by atoms with van der Waals surface area (Å²) in [4.78, 5) is 10.8. The summed E-state index contributed by atoms with van der Waals surface area (Å²) >= 11 is 0. The minimum atomic E-state index is -1.04. The second-order valence-electron chi connectivity index (χ2n) is 3.67. The smallest absolute Gasteiger partial charge is 0.371 e. The maximum Gasteiger partial charge on any atom is 0.371 e. The van der Waals surface area contributed by atoms with Crippen LogP contribution >= 0.6 is 0 Å². The lowest BCUT2D eigenvalue weighted by Crippen LogP contribution is -2.05. The van der Waals surface area contributed by atoms with Crippen molar-refractivity contribution in [2.75, 3.05) is 5.32 Å². The molecule has 0 unspecified atom stereocenters. The van der Waals surface area contributed by atoms with Crippen LogP contribution in [0.15, 0.2) is 34.7 Å². The molecule has 4 heteroatoms. The Morgan fingerprint density at radius 2 is 2.19 bits per heavy atom. The molecule has 0 saturated heterocycles. The number of rotatable bonds is 1. The molecule has 3 rings (SSSR count). The number of anilines is 1. The van der Waals surface area contributed by atoms with Crippen LogP contribution in [-0.4, -0.2) is 11.1 Å². The lowest BCUT2D eigenvalue weighted by atomic mass is 10.0. The molecule has 1 aliphatic heterocycles. The predicted molar refractivity (Wildman–Crippen MR) is 58.4 cm³/mol. The zero-order valence-corrected chi connectivity index (χ0v) is 8.36. The topological polar surface area (TPSA) is 62.5 Å². The maximum absolute atomic E-state index is 10.8. The number of hydrogen-bond acceptors (Lipinski definition) is 3. The Morgan fingerprint density at radius 1 is 1.38 bits per heavy atom. The lowest BCUT2D eigenvalue weighted by molar-refractivity contribution is 0.0663. The average molecular weight is 215 g/mol. The van der Waals surface area contributed by atoms with E-state index < -0.39 is 5.97 Å². The van der Waals surface area contributed by atoms with Crippen LogP contribution in [0.1, 0.15) is 16.1 Å². The highest BCUT2D eigenvalue weighted by molar-refractivity contribution is 5.88. The highest BCUT2D eigenvalue weighted by Crippen LogP contribution is 2.37. The number of furan rings is 1. The van der Waals surface area contributed by atoms with Crippen molar-refractivity contribution in [3.63, 3.8) is 0 Å². The van der Waals surface area contributed by atoms with E-state index in [1.165, 1.54) is 0 Å². The molecule has 1 aromatic heterocycles. The monoisotopic (exact) mass is 215 g/mol. The number of hydrogen-bond donors (Lipinski definition) is 2. The Morgan fingerprint density at radius 3 is 3.00 bits per heavy atom. The van der Waals surface area contributed by atoms with Crippen molar-refractivity contribution in [2.45, 2.75) is 6.54 Å². The van der Waals surface area contributed by atoms with Gasteiger partial charge in [-0.15, -0.1) is 0 Å². The fourth-order valence-corrected chi connectivity index (χ4v) is 1.92. The highest BCUT2D eigenvalue weighted by Gasteiger charge is 2.22. The number of fused-ring (bicyclic) bond motifs is 3. The number of para-hydroxylation sites is 1. The summed E-state index contributed by atoms with van der Waals surface area (Å²) in [6, 6.07) is 9.26. The van der Waals surface area contributed by atoms with Gasteiger partial charge in [-0.2, -0.15) is 0 Å². The van der Waals surface area contributed by atoms with Crippen molar-refractivity contribution in [1.82, 2.24) is 0 Å². The molecular weight excluding hydrogens is 206 g/mol. The second-order valence-corrected chi connectivity index (χ2v) is 3.67. The van der Waals surface area contributed by atoms with Crippen LogP contribution in [-0.2, 0) is 6.54 Å². The van der Waals surface area contributed by atoms with Crippen LogP contribution < -0.4 is 5.32 Å². The first-order chi connectivity index (χ1) is 7.75. The third-order valence-electron chi connectivity index (χ3n) is 2.66. The first kappa shape index (κ1) is 9.03. The predicted octanol–water partition coefficient (Wildman–Crippen LogP) is 2.57. The Kier molecular flexibility index (Phi) is 1.77. The summed E-state index contributed by atoms with van der Waals surface area (Å²) in [5.74, 6) is -0.387. The van der Waals surface area contributed by atoms with Crippen molar-refractivity contribution in [1.29, 1.82) is 0 Å². The summed E-state index contributed by atoms with van der Waals surface area (Å²) in [6.45, 7) is 0.600. The van der Waals surface area contributed by atoms with Gasteiger partial charge in [0.2, 0.25) is 5.76 Å². The molecule has 0 spiro atoms. The molecule has 0 amide bonds. The van der Waals surface area contributed by atoms with E-state index in [1.54, 1.807) is 6.07 Å². The third kappa shape index (κ3) is 1.20. The number of benzene rings is 1. The maximum atomic E-state index is 10.8. The fraction of sp³-hybridized carbons (Fsp3) is 0.0833. The number of carboxylic acids is 1. The van der Waals surface area contributed by atoms with Crippen molar-refractivity contribution in [2.24, 2.45) is 0 Å². The van der Waals surface area contributed by atoms with Gasteiger partial charge in [-0.1, -0.05) is 12.1 Å². The second kappa shape index (κ2) is 3.13. The van der Waals surface area contributed by atoms with E-state index in [-0.39, 0.29) is 5.76 Å². The molecule has 0 fully saturated rings. The van der Waals surface area contributed by atoms with Crippen LogP contribution in [0.5, 0.6) is 0 Å². The van der Waals surface area contributed by atoms with Gasteiger partial charge < -0.3 is 14.8 Å². The Balaban J connectivity index is 2.20. The molecule has 80 valence electrons. The first-order valence-electron chi connectivity index (χ1n) is 4.95. The van der Waals surface area contributed by atoms with Crippen molar-refractivity contribution < 1.29 is 14.3 Å². The summed E-state index contributed by atoms with van der Waals surface area (Å²) in [6.07, 6.45) is 0. The molecule has 0 radical (unpaired) electrons. The summed E-state index contributed by atoms with van der Waals surface area (Å²) in [5, 5.41) is 12.1. The molecule has 16 heavy (non-hydrogen) atoms. The Labute approximate surface area is 91.5 Å². The molecule has 2 N–H and O–H groups in total. The van der Waals surface area contributed by atoms with Crippen molar-refractivity contribution in [3.05, 3.63) is 41.7 Å². The molecule has 0 saturated carbocycles. The quantitative estimate of drug-likeness (QED) is 0.767. The van der Waals surface area contributed by atoms with Crippen molar-refractivity contribution in [3.8, 4) is 11.3 Å². The first-order valence-corrected chi connectivity index (χ1v) is 4.95. The molecule has 2 heterocycles. The van der Waals surface area contributed by atoms with Gasteiger partial charge in [0.15, 0.2) is 0 Å². The van der Waals surface area contributed by atoms with E-state index in [0.717, 1.165) is 16.8 Å². The van der Waals surface area contributed by atoms with Gasteiger partial charge in [-0.25, -0.2) is 4.79 Å². The molecule has 0 atom stereocenters. The normalized spacial score (nSPS) is 12.5. The summed E-state index contributed by atoms with van der Waals surface area (Å²) in [5.41, 5.74) is 2.77. The fourth-order valence-electron chi connectivity index (χ4n) is 1.92. The average Bonchev–Trinajstić information content (AvgIpc) is 2.73. The van der Waals surface area contributed by atoms with Crippen LogP contribution in [0.3, 0.4) is 0 Å². The van der Waals surface area contributed by atoms with Gasteiger partial charge in [-0.3, -0.25) is 0 Å². The largest absolute Gasteiger partial charge is 0.475 e.